The van der Waals surface area contributed by atoms with E-state index in [2.05, 4.69) is 104 Å². The fourth-order valence-corrected chi connectivity index (χ4v) is 13.6. The predicted molar refractivity (Wildman–Crippen MR) is 329 cm³/mol. The van der Waals surface area contributed by atoms with Gasteiger partial charge in [-0.05, 0) is 152 Å². The number of nitrogens with one attached hydrogen (secondary N) is 1. The number of amides is 4. The van der Waals surface area contributed by atoms with Gasteiger partial charge in [0.2, 0.25) is 5.41 Å². The van der Waals surface area contributed by atoms with Gasteiger partial charge in [0, 0.05) is 43.3 Å². The van der Waals surface area contributed by atoms with Crippen LogP contribution >= 0.6 is 0 Å². The molecule has 9 aromatic rings. The van der Waals surface area contributed by atoms with E-state index in [-0.39, 0.29) is 16.8 Å². The number of hydrogen-bond donors (Lipinski definition) is 1. The van der Waals surface area contributed by atoms with Crippen LogP contribution in [0.1, 0.15) is 136 Å². The Kier molecular flexibility index (Phi) is 13.5. The molecule has 0 bridgehead atoms. The number of aryl methyl sites for hydroxylation is 2. The van der Waals surface area contributed by atoms with Crippen molar-refractivity contribution in [1.82, 2.24) is 0 Å². The van der Waals surface area contributed by atoms with Crippen LogP contribution < -0.4 is 20.0 Å². The number of anilines is 4. The first kappa shape index (κ1) is 57.9. The Morgan fingerprint density at radius 2 is 0.805 bits per heavy atom. The molecule has 0 fully saturated rings. The lowest BCUT2D eigenvalue weighted by Gasteiger charge is -2.38. The van der Waals surface area contributed by atoms with Gasteiger partial charge >= 0.3 is 12.4 Å². The van der Waals surface area contributed by atoms with Crippen molar-refractivity contribution in [3.8, 4) is 11.1 Å². The second-order valence-corrected chi connectivity index (χ2v) is 24.1. The van der Waals surface area contributed by atoms with Crippen LogP contribution in [0.2, 0.25) is 0 Å². The highest BCUT2D eigenvalue weighted by Gasteiger charge is 2.73. The summed E-state index contributed by atoms with van der Waals surface area (Å²) in [6.45, 7) is 12.0. The number of fused-ring (bicyclic) bond motifs is 5. The first-order valence-corrected chi connectivity index (χ1v) is 28.5. The Balaban J connectivity index is 0.850. The zero-order valence-electron chi connectivity index (χ0n) is 49.2. The van der Waals surface area contributed by atoms with Crippen molar-refractivity contribution < 1.29 is 45.5 Å². The molecule has 0 radical (unpaired) electrons. The van der Waals surface area contributed by atoms with E-state index < -0.39 is 85.6 Å². The largest absolute Gasteiger partial charge is 0.411 e. The first-order valence-electron chi connectivity index (χ1n) is 28.5. The fraction of sp³-hybridized carbons (Fsp3) is 0.205. The molecule has 2 aliphatic heterocycles. The van der Waals surface area contributed by atoms with Gasteiger partial charge in [0.1, 0.15) is 0 Å². The molecule has 0 saturated heterocycles. The van der Waals surface area contributed by atoms with Gasteiger partial charge in [-0.15, -0.1) is 0 Å². The SMILES string of the molecule is CNc1ccc(C2(c3ccc(N4C(=O)c5ccc(C(c6ccc7c(c6)C(=O)N(c6ccc(C(C)(C)c8ccc(C(C)(C)c9ccc(N(C)C)cc9)cc8)cc6)C7=O)(C(F)(F)F)C(F)(F)F)cc5C4=O)c(C)c3)c3ccccc3-c3ccccc32)cc1C. The van der Waals surface area contributed by atoms with E-state index in [1.807, 2.05) is 83.2 Å². The monoisotopic (exact) mass is 1170 g/mol. The van der Waals surface area contributed by atoms with Crippen LogP contribution in [-0.2, 0) is 21.7 Å². The number of carbonyl (C=O) groups excluding carboxylic acids is 4. The fourth-order valence-electron chi connectivity index (χ4n) is 13.6. The first-order chi connectivity index (χ1) is 41.2. The van der Waals surface area contributed by atoms with Gasteiger partial charge in [0.25, 0.3) is 23.6 Å². The third-order valence-corrected chi connectivity index (χ3v) is 18.5. The maximum absolute atomic E-state index is 16.0. The van der Waals surface area contributed by atoms with Crippen LogP contribution in [0.3, 0.4) is 0 Å². The zero-order chi connectivity index (χ0) is 62.1. The van der Waals surface area contributed by atoms with Crippen molar-refractivity contribution in [3.05, 3.63) is 283 Å². The molecule has 0 spiro atoms. The van der Waals surface area contributed by atoms with Gasteiger partial charge in [-0.2, -0.15) is 26.3 Å². The minimum atomic E-state index is -6.16. The lowest BCUT2D eigenvalue weighted by Crippen LogP contribution is -2.55. The van der Waals surface area contributed by atoms with Crippen LogP contribution in [-0.4, -0.2) is 57.1 Å². The Morgan fingerprint density at radius 1 is 0.414 bits per heavy atom. The highest BCUT2D eigenvalue weighted by atomic mass is 19.4. The summed E-state index contributed by atoms with van der Waals surface area (Å²) in [5.74, 6) is -4.14. The van der Waals surface area contributed by atoms with Gasteiger partial charge < -0.3 is 10.2 Å². The summed E-state index contributed by atoms with van der Waals surface area (Å²) in [6, 6.07) is 54.2. The average Bonchev–Trinajstić information content (AvgIpc) is 1.67. The maximum Gasteiger partial charge on any atom is 0.411 e. The molecule has 1 N–H and O–H groups in total. The Hall–Kier alpha value is -9.56. The van der Waals surface area contributed by atoms with Crippen molar-refractivity contribution in [2.24, 2.45) is 0 Å². The molecule has 8 nitrogen and oxygen atoms in total. The lowest BCUT2D eigenvalue weighted by atomic mass is 9.67. The van der Waals surface area contributed by atoms with Crippen LogP contribution in [0, 0.1) is 13.8 Å². The summed E-state index contributed by atoms with van der Waals surface area (Å²) in [6.07, 6.45) is -12.3. The van der Waals surface area contributed by atoms with Gasteiger partial charge in [-0.1, -0.05) is 161 Å². The summed E-state index contributed by atoms with van der Waals surface area (Å²) in [4.78, 5) is 60.9. The van der Waals surface area contributed by atoms with Crippen molar-refractivity contribution in [2.75, 3.05) is 41.2 Å². The van der Waals surface area contributed by atoms with Crippen molar-refractivity contribution in [2.45, 2.75) is 75.6 Å². The molecule has 438 valence electrons. The molecule has 12 rings (SSSR count). The van der Waals surface area contributed by atoms with E-state index in [0.29, 0.717) is 29.8 Å². The molecule has 0 atom stereocenters. The van der Waals surface area contributed by atoms with Crippen LogP contribution in [0.4, 0.5) is 49.1 Å². The number of hydrogen-bond acceptors (Lipinski definition) is 6. The molecule has 0 aromatic heterocycles. The topological polar surface area (TPSA) is 90.0 Å². The smallest absolute Gasteiger partial charge is 0.388 e. The van der Waals surface area contributed by atoms with Crippen LogP contribution in [0.5, 0.6) is 0 Å². The van der Waals surface area contributed by atoms with E-state index >= 15 is 26.3 Å². The lowest BCUT2D eigenvalue weighted by molar-refractivity contribution is -0.288. The normalized spacial score (nSPS) is 14.7. The second kappa shape index (κ2) is 20.3. The number of carbonyl (C=O) groups is 4. The van der Waals surface area contributed by atoms with Crippen molar-refractivity contribution in [3.63, 3.8) is 0 Å². The Morgan fingerprint density at radius 3 is 1.24 bits per heavy atom. The third-order valence-electron chi connectivity index (χ3n) is 18.5. The van der Waals surface area contributed by atoms with Gasteiger partial charge in [-0.3, -0.25) is 19.2 Å². The van der Waals surface area contributed by atoms with E-state index in [4.69, 9.17) is 0 Å². The molecule has 0 saturated carbocycles. The molecule has 9 aromatic carbocycles. The van der Waals surface area contributed by atoms with E-state index in [9.17, 15) is 19.2 Å². The standard InChI is InChI=1S/C73H60F6N4O4/c1-42-38-48(28-36-62(42)80-7)70(60-16-12-10-14-54(60)55-15-11-13-17-61(55)70)49-29-37-63(43(2)39-49)83-65(85)57-35-27-51(41-59(57)67(83)87)71(72(74,75)76,73(77,78)79)50-26-34-56-58(40-50)66(86)82(64(56)84)53-32-24-47(25-33-53)69(5,6)45-20-18-44(19-21-45)68(3,4)46-22-30-52(31-23-46)81(8)9/h10-41,80H,1-9H3. The predicted octanol–water partition coefficient (Wildman–Crippen LogP) is 16.4. The van der Waals surface area contributed by atoms with Gasteiger partial charge in [-0.25, -0.2) is 9.80 Å². The molecule has 3 aliphatic rings. The number of halogens is 6. The number of nitrogens with zero attached hydrogens (tertiary/aromatic N) is 3. The summed E-state index contributed by atoms with van der Waals surface area (Å²) < 4.78 is 95.9. The third kappa shape index (κ3) is 8.56. The summed E-state index contributed by atoms with van der Waals surface area (Å²) in [7, 11) is 5.82. The quantitative estimate of drug-likeness (QED) is 0.0968. The Bertz CT molecular complexity index is 4270. The highest BCUT2D eigenvalue weighted by molar-refractivity contribution is 6.35. The summed E-state index contributed by atoms with van der Waals surface area (Å²) in [5.41, 5.74) is 1.66. The maximum atomic E-state index is 16.0. The van der Waals surface area contributed by atoms with E-state index in [1.165, 1.54) is 12.1 Å². The number of alkyl halides is 6. The molecule has 1 aliphatic carbocycles. The van der Waals surface area contributed by atoms with Crippen molar-refractivity contribution >= 4 is 46.4 Å². The minimum Gasteiger partial charge on any atom is -0.388 e. The molecule has 0 unspecified atom stereocenters. The Labute approximate surface area is 500 Å². The number of benzene rings is 9. The van der Waals surface area contributed by atoms with Crippen LogP contribution in [0.15, 0.2) is 194 Å². The number of rotatable bonds is 12. The second-order valence-electron chi connectivity index (χ2n) is 24.1. The van der Waals surface area contributed by atoms with Crippen LogP contribution in [0.25, 0.3) is 11.1 Å². The van der Waals surface area contributed by atoms with E-state index in [0.717, 1.165) is 94.5 Å². The van der Waals surface area contributed by atoms with Gasteiger partial charge in [0.05, 0.1) is 39.0 Å². The molecule has 87 heavy (non-hydrogen) atoms. The zero-order valence-corrected chi connectivity index (χ0v) is 49.2. The molecular weight excluding hydrogens is 1110 g/mol. The van der Waals surface area contributed by atoms with Gasteiger partial charge in [0.15, 0.2) is 0 Å². The average molecular weight is 1170 g/mol. The summed E-state index contributed by atoms with van der Waals surface area (Å²) in [5, 5.41) is 3.23. The molecule has 4 amide bonds. The highest BCUT2D eigenvalue weighted by Crippen LogP contribution is 2.59. The molecule has 14 heteroatoms. The van der Waals surface area contributed by atoms with E-state index in [1.54, 1.807) is 31.2 Å². The molecule has 2 heterocycles. The van der Waals surface area contributed by atoms with Crippen molar-refractivity contribution in [1.29, 1.82) is 0 Å². The minimum absolute atomic E-state index is 0.0529. The summed E-state index contributed by atoms with van der Waals surface area (Å²) >= 11 is 0. The number of imide groups is 2. The molecular formula is C73H60F6N4O4.